The summed E-state index contributed by atoms with van der Waals surface area (Å²) in [5.74, 6) is -0.495. The third-order valence-corrected chi connectivity index (χ3v) is 2.95. The van der Waals surface area contributed by atoms with Crippen LogP contribution in [0.4, 0.5) is 13.2 Å². The Balaban J connectivity index is 2.35. The van der Waals surface area contributed by atoms with Gasteiger partial charge in [0.05, 0.1) is 12.7 Å². The van der Waals surface area contributed by atoms with Crippen LogP contribution in [0, 0.1) is 0 Å². The summed E-state index contributed by atoms with van der Waals surface area (Å²) < 4.78 is 43.6. The lowest BCUT2D eigenvalue weighted by Gasteiger charge is -2.06. The van der Waals surface area contributed by atoms with Crippen molar-refractivity contribution in [1.82, 2.24) is 4.57 Å². The molecule has 0 aliphatic heterocycles. The van der Waals surface area contributed by atoms with Crippen molar-refractivity contribution in [2.24, 2.45) is 7.05 Å². The number of hydrogen-bond acceptors (Lipinski definition) is 2. The number of aromatic nitrogens is 1. The largest absolute Gasteiger partial charge is 0.464 e. The third kappa shape index (κ3) is 2.68. The van der Waals surface area contributed by atoms with E-state index in [2.05, 4.69) is 4.74 Å². The molecule has 2 aromatic rings. The van der Waals surface area contributed by atoms with Crippen molar-refractivity contribution in [3.05, 3.63) is 47.8 Å². The zero-order valence-corrected chi connectivity index (χ0v) is 10.9. The molecule has 6 heteroatoms. The van der Waals surface area contributed by atoms with Crippen molar-refractivity contribution in [3.63, 3.8) is 0 Å². The van der Waals surface area contributed by atoms with Crippen molar-refractivity contribution < 1.29 is 22.7 Å². The topological polar surface area (TPSA) is 31.2 Å². The van der Waals surface area contributed by atoms with Crippen LogP contribution >= 0.6 is 0 Å². The average molecular weight is 283 g/mol. The fourth-order valence-electron chi connectivity index (χ4n) is 1.88. The molecule has 0 N–H and O–H groups in total. The Morgan fingerprint density at radius 2 is 1.75 bits per heavy atom. The molecule has 1 aromatic carbocycles. The quantitative estimate of drug-likeness (QED) is 0.790. The molecule has 0 radical (unpaired) electrons. The summed E-state index contributed by atoms with van der Waals surface area (Å²) in [7, 11) is 2.94. The van der Waals surface area contributed by atoms with E-state index >= 15 is 0 Å². The van der Waals surface area contributed by atoms with Crippen LogP contribution in [0.1, 0.15) is 16.1 Å². The molecule has 0 aliphatic carbocycles. The number of alkyl halides is 3. The molecule has 0 saturated heterocycles. The number of ether oxygens (including phenoxy) is 1. The minimum Gasteiger partial charge on any atom is -0.464 e. The SMILES string of the molecule is COC(=O)c1cc(-c2ccc(C(F)(F)F)cc2)cn1C. The number of carbonyl (C=O) groups is 1. The summed E-state index contributed by atoms with van der Waals surface area (Å²) in [5, 5.41) is 0. The molecule has 20 heavy (non-hydrogen) atoms. The molecule has 0 atom stereocenters. The number of methoxy groups -OCH3 is 1. The lowest BCUT2D eigenvalue weighted by Crippen LogP contribution is -2.06. The predicted octanol–water partition coefficient (Wildman–Crippen LogP) is 3.50. The molecule has 0 fully saturated rings. The Morgan fingerprint density at radius 3 is 2.25 bits per heavy atom. The minimum absolute atomic E-state index is 0.336. The fourth-order valence-corrected chi connectivity index (χ4v) is 1.88. The van der Waals surface area contributed by atoms with Gasteiger partial charge in [-0.3, -0.25) is 0 Å². The molecule has 1 aromatic heterocycles. The van der Waals surface area contributed by atoms with Gasteiger partial charge in [0, 0.05) is 18.8 Å². The molecule has 2 rings (SSSR count). The van der Waals surface area contributed by atoms with Crippen LogP contribution in [0.5, 0.6) is 0 Å². The van der Waals surface area contributed by atoms with Gasteiger partial charge in [-0.2, -0.15) is 13.2 Å². The zero-order valence-electron chi connectivity index (χ0n) is 10.9. The summed E-state index contributed by atoms with van der Waals surface area (Å²) in [5.41, 5.74) is 0.887. The monoisotopic (exact) mass is 283 g/mol. The van der Waals surface area contributed by atoms with Gasteiger partial charge in [-0.25, -0.2) is 4.79 Å². The van der Waals surface area contributed by atoms with Crippen LogP contribution in [0.2, 0.25) is 0 Å². The molecule has 0 spiro atoms. The van der Waals surface area contributed by atoms with Gasteiger partial charge in [-0.15, -0.1) is 0 Å². The summed E-state index contributed by atoms with van der Waals surface area (Å²) >= 11 is 0. The first-order valence-corrected chi connectivity index (χ1v) is 5.75. The molecule has 3 nitrogen and oxygen atoms in total. The van der Waals surface area contributed by atoms with E-state index in [1.807, 2.05) is 0 Å². The van der Waals surface area contributed by atoms with Gasteiger partial charge in [0.25, 0.3) is 0 Å². The number of halogens is 3. The summed E-state index contributed by atoms with van der Waals surface area (Å²) in [6.07, 6.45) is -2.69. The van der Waals surface area contributed by atoms with E-state index in [1.54, 1.807) is 23.9 Å². The molecule has 0 saturated carbocycles. The third-order valence-electron chi connectivity index (χ3n) is 2.95. The summed E-state index contributed by atoms with van der Waals surface area (Å²) in [4.78, 5) is 11.5. The Bertz CT molecular complexity index is 627. The first-order chi connectivity index (χ1) is 9.32. The average Bonchev–Trinajstić information content (AvgIpc) is 2.79. The standard InChI is InChI=1S/C14H12F3NO2/c1-18-8-10(7-12(18)13(19)20-2)9-3-5-11(6-4-9)14(15,16)17/h3-8H,1-2H3. The van der Waals surface area contributed by atoms with Gasteiger partial charge in [-0.1, -0.05) is 12.1 Å². The number of hydrogen-bond donors (Lipinski definition) is 0. The van der Waals surface area contributed by atoms with E-state index in [0.717, 1.165) is 12.1 Å². The highest BCUT2D eigenvalue weighted by Crippen LogP contribution is 2.31. The van der Waals surface area contributed by atoms with Crippen molar-refractivity contribution in [2.75, 3.05) is 7.11 Å². The highest BCUT2D eigenvalue weighted by molar-refractivity contribution is 5.89. The van der Waals surface area contributed by atoms with Crippen LogP contribution < -0.4 is 0 Å². The van der Waals surface area contributed by atoms with Crippen LogP contribution in [-0.4, -0.2) is 17.6 Å². The normalized spacial score (nSPS) is 11.4. The molecule has 1 heterocycles. The number of nitrogens with zero attached hydrogens (tertiary/aromatic N) is 1. The maximum Gasteiger partial charge on any atom is 0.416 e. The highest BCUT2D eigenvalue weighted by atomic mass is 19.4. The Hall–Kier alpha value is -2.24. The van der Waals surface area contributed by atoms with Crippen LogP contribution in [0.15, 0.2) is 36.5 Å². The lowest BCUT2D eigenvalue weighted by atomic mass is 10.1. The van der Waals surface area contributed by atoms with E-state index in [-0.39, 0.29) is 0 Å². The van der Waals surface area contributed by atoms with E-state index in [1.165, 1.54) is 19.2 Å². The Morgan fingerprint density at radius 1 is 1.15 bits per heavy atom. The van der Waals surface area contributed by atoms with Crippen molar-refractivity contribution >= 4 is 5.97 Å². The number of aryl methyl sites for hydroxylation is 1. The molecule has 0 aliphatic rings. The second-order valence-corrected chi connectivity index (χ2v) is 4.29. The lowest BCUT2D eigenvalue weighted by molar-refractivity contribution is -0.137. The predicted molar refractivity (Wildman–Crippen MR) is 67.2 cm³/mol. The van der Waals surface area contributed by atoms with E-state index < -0.39 is 17.7 Å². The van der Waals surface area contributed by atoms with Gasteiger partial charge in [-0.05, 0) is 23.8 Å². The van der Waals surface area contributed by atoms with Crippen molar-refractivity contribution in [1.29, 1.82) is 0 Å². The van der Waals surface area contributed by atoms with Gasteiger partial charge in [0.15, 0.2) is 0 Å². The molecule has 0 bridgehead atoms. The maximum absolute atomic E-state index is 12.5. The van der Waals surface area contributed by atoms with E-state index in [0.29, 0.717) is 16.8 Å². The summed E-state index contributed by atoms with van der Waals surface area (Å²) in [6.45, 7) is 0. The van der Waals surface area contributed by atoms with Gasteiger partial charge in [0.1, 0.15) is 5.69 Å². The summed E-state index contributed by atoms with van der Waals surface area (Å²) in [6, 6.07) is 6.35. The molecular formula is C14H12F3NO2. The van der Waals surface area contributed by atoms with Gasteiger partial charge < -0.3 is 9.30 Å². The molecular weight excluding hydrogens is 271 g/mol. The smallest absolute Gasteiger partial charge is 0.416 e. The first kappa shape index (κ1) is 14.2. The fraction of sp³-hybridized carbons (Fsp3) is 0.214. The molecule has 106 valence electrons. The minimum atomic E-state index is -4.35. The second-order valence-electron chi connectivity index (χ2n) is 4.29. The van der Waals surface area contributed by atoms with Gasteiger partial charge in [0.2, 0.25) is 0 Å². The van der Waals surface area contributed by atoms with E-state index in [9.17, 15) is 18.0 Å². The van der Waals surface area contributed by atoms with Crippen LogP contribution in [-0.2, 0) is 18.0 Å². The van der Waals surface area contributed by atoms with Gasteiger partial charge >= 0.3 is 12.1 Å². The second kappa shape index (κ2) is 5.03. The molecule has 0 amide bonds. The number of benzene rings is 1. The number of carbonyl (C=O) groups excluding carboxylic acids is 1. The van der Waals surface area contributed by atoms with Crippen molar-refractivity contribution in [2.45, 2.75) is 6.18 Å². The number of rotatable bonds is 2. The number of esters is 1. The van der Waals surface area contributed by atoms with Crippen LogP contribution in [0.25, 0.3) is 11.1 Å². The first-order valence-electron chi connectivity index (χ1n) is 5.75. The van der Waals surface area contributed by atoms with Crippen LogP contribution in [0.3, 0.4) is 0 Å². The van der Waals surface area contributed by atoms with Crippen molar-refractivity contribution in [3.8, 4) is 11.1 Å². The zero-order chi connectivity index (χ0) is 14.9. The molecule has 0 unspecified atom stereocenters. The Kier molecular flexibility index (Phi) is 3.57. The Labute approximate surface area is 113 Å². The van der Waals surface area contributed by atoms with E-state index in [4.69, 9.17) is 0 Å². The maximum atomic E-state index is 12.5. The highest BCUT2D eigenvalue weighted by Gasteiger charge is 2.30.